The first-order chi connectivity index (χ1) is 10.7. The van der Waals surface area contributed by atoms with E-state index in [2.05, 4.69) is 14.5 Å². The lowest BCUT2D eigenvalue weighted by molar-refractivity contribution is 0.0686. The van der Waals surface area contributed by atoms with Gasteiger partial charge in [0.1, 0.15) is 5.15 Å². The number of pyridine rings is 1. The second kappa shape index (κ2) is 5.67. The van der Waals surface area contributed by atoms with E-state index < -0.39 is 0 Å². The summed E-state index contributed by atoms with van der Waals surface area (Å²) in [7, 11) is 0. The summed E-state index contributed by atoms with van der Waals surface area (Å²) >= 11 is 6.09. The zero-order valence-electron chi connectivity index (χ0n) is 12.5. The Bertz CT molecular complexity index is 678. The van der Waals surface area contributed by atoms with Crippen LogP contribution in [0, 0.1) is 5.92 Å². The highest BCUT2D eigenvalue weighted by atomic mass is 35.5. The molecule has 1 saturated carbocycles. The van der Waals surface area contributed by atoms with Crippen LogP contribution in [-0.4, -0.2) is 25.7 Å². The molecule has 0 aromatic carbocycles. The standard InChI is InChI=1S/C17H20ClN3O/c18-17-6-12-13(8-20-17)15-9-19-10-21(15)14(12)7-16(22)11-4-2-1-3-5-11/h6,8-11,14,16,22H,1-5,7H2. The second-order valence-corrected chi connectivity index (χ2v) is 6.88. The first-order valence-corrected chi connectivity index (χ1v) is 8.47. The Morgan fingerprint density at radius 2 is 2.09 bits per heavy atom. The fraction of sp³-hybridized carbons (Fsp3) is 0.529. The molecule has 0 radical (unpaired) electrons. The summed E-state index contributed by atoms with van der Waals surface area (Å²) in [5, 5.41) is 11.2. The molecule has 1 fully saturated rings. The summed E-state index contributed by atoms with van der Waals surface area (Å²) in [6.07, 6.45) is 12.1. The summed E-state index contributed by atoms with van der Waals surface area (Å²) in [6.45, 7) is 0. The predicted octanol–water partition coefficient (Wildman–Crippen LogP) is 3.83. The largest absolute Gasteiger partial charge is 0.393 e. The molecule has 2 aromatic rings. The van der Waals surface area contributed by atoms with Crippen LogP contribution < -0.4 is 0 Å². The predicted molar refractivity (Wildman–Crippen MR) is 85.8 cm³/mol. The molecule has 1 aliphatic carbocycles. The van der Waals surface area contributed by atoms with Gasteiger partial charge in [-0.15, -0.1) is 0 Å². The molecule has 116 valence electrons. The number of fused-ring (bicyclic) bond motifs is 3. The first-order valence-electron chi connectivity index (χ1n) is 8.10. The Morgan fingerprint density at radius 3 is 2.91 bits per heavy atom. The van der Waals surface area contributed by atoms with Crippen LogP contribution in [0.25, 0.3) is 11.3 Å². The van der Waals surface area contributed by atoms with Crippen LogP contribution in [-0.2, 0) is 0 Å². The minimum atomic E-state index is -0.265. The molecule has 22 heavy (non-hydrogen) atoms. The number of nitrogens with zero attached hydrogens (tertiary/aromatic N) is 3. The van der Waals surface area contributed by atoms with E-state index in [1.807, 2.05) is 24.8 Å². The number of aromatic nitrogens is 3. The zero-order valence-corrected chi connectivity index (χ0v) is 13.2. The van der Waals surface area contributed by atoms with Crippen LogP contribution in [0.1, 0.15) is 50.1 Å². The van der Waals surface area contributed by atoms with Crippen molar-refractivity contribution in [1.82, 2.24) is 14.5 Å². The van der Waals surface area contributed by atoms with Gasteiger partial charge in [-0.3, -0.25) is 0 Å². The molecule has 4 nitrogen and oxygen atoms in total. The molecule has 1 N–H and O–H groups in total. The van der Waals surface area contributed by atoms with E-state index in [9.17, 15) is 5.11 Å². The topological polar surface area (TPSA) is 50.9 Å². The molecule has 0 spiro atoms. The van der Waals surface area contributed by atoms with Gasteiger partial charge >= 0.3 is 0 Å². The van der Waals surface area contributed by atoms with Gasteiger partial charge in [0, 0.05) is 11.8 Å². The zero-order chi connectivity index (χ0) is 15.1. The second-order valence-electron chi connectivity index (χ2n) is 6.50. The Morgan fingerprint density at radius 1 is 1.27 bits per heavy atom. The van der Waals surface area contributed by atoms with Gasteiger partial charge in [-0.05, 0) is 36.8 Å². The molecular formula is C17H20ClN3O. The maximum Gasteiger partial charge on any atom is 0.129 e. The van der Waals surface area contributed by atoms with Crippen molar-refractivity contribution in [2.24, 2.45) is 5.92 Å². The number of aliphatic hydroxyl groups is 1. The lowest BCUT2D eigenvalue weighted by Gasteiger charge is -2.29. The summed E-state index contributed by atoms with van der Waals surface area (Å²) in [4.78, 5) is 8.45. The van der Waals surface area contributed by atoms with Crippen molar-refractivity contribution in [2.75, 3.05) is 0 Å². The molecule has 4 rings (SSSR count). The van der Waals surface area contributed by atoms with E-state index in [1.54, 1.807) is 0 Å². The minimum absolute atomic E-state index is 0.116. The molecule has 1 aliphatic heterocycles. The normalized spacial score (nSPS) is 22.4. The van der Waals surface area contributed by atoms with Gasteiger partial charge in [-0.2, -0.15) is 0 Å². The molecule has 2 unspecified atom stereocenters. The maximum atomic E-state index is 10.7. The van der Waals surface area contributed by atoms with Gasteiger partial charge in [0.25, 0.3) is 0 Å². The van der Waals surface area contributed by atoms with E-state index in [0.29, 0.717) is 11.1 Å². The molecule has 0 saturated heterocycles. The van der Waals surface area contributed by atoms with Gasteiger partial charge < -0.3 is 9.67 Å². The Hall–Kier alpha value is -1.39. The van der Waals surface area contributed by atoms with Gasteiger partial charge in [0.2, 0.25) is 0 Å². The average Bonchev–Trinajstić information content (AvgIpc) is 3.11. The number of halogens is 1. The quantitative estimate of drug-likeness (QED) is 0.875. The summed E-state index contributed by atoms with van der Waals surface area (Å²) in [5.74, 6) is 0.432. The maximum absolute atomic E-state index is 10.7. The van der Waals surface area contributed by atoms with Gasteiger partial charge in [0.05, 0.1) is 30.4 Å². The SMILES string of the molecule is OC(CC1c2cc(Cl)ncc2-c2cncn21)C1CCCCC1. The van der Waals surface area contributed by atoms with Gasteiger partial charge in [-0.25, -0.2) is 9.97 Å². The van der Waals surface area contributed by atoms with E-state index in [4.69, 9.17) is 11.6 Å². The third-order valence-corrected chi connectivity index (χ3v) is 5.40. The molecule has 0 amide bonds. The summed E-state index contributed by atoms with van der Waals surface area (Å²) in [5.41, 5.74) is 3.31. The van der Waals surface area contributed by atoms with Gasteiger partial charge in [-0.1, -0.05) is 30.9 Å². The number of rotatable bonds is 3. The highest BCUT2D eigenvalue weighted by Crippen LogP contribution is 2.43. The monoisotopic (exact) mass is 317 g/mol. The molecule has 2 atom stereocenters. The van der Waals surface area contributed by atoms with Crippen LogP contribution in [0.4, 0.5) is 0 Å². The summed E-state index contributed by atoms with van der Waals surface area (Å²) < 4.78 is 2.15. The van der Waals surface area contributed by atoms with Crippen molar-refractivity contribution in [2.45, 2.75) is 50.7 Å². The van der Waals surface area contributed by atoms with Crippen molar-refractivity contribution < 1.29 is 5.11 Å². The minimum Gasteiger partial charge on any atom is -0.393 e. The number of hydrogen-bond acceptors (Lipinski definition) is 3. The van der Waals surface area contributed by atoms with E-state index in [1.165, 1.54) is 19.3 Å². The fourth-order valence-corrected chi connectivity index (χ4v) is 4.19. The highest BCUT2D eigenvalue weighted by Gasteiger charge is 2.33. The molecular weight excluding hydrogens is 298 g/mol. The van der Waals surface area contributed by atoms with Crippen molar-refractivity contribution in [3.8, 4) is 11.3 Å². The van der Waals surface area contributed by atoms with Crippen LogP contribution >= 0.6 is 11.6 Å². The molecule has 2 aliphatic rings. The molecule has 2 aromatic heterocycles. The molecule has 5 heteroatoms. The third-order valence-electron chi connectivity index (χ3n) is 5.20. The molecule has 0 bridgehead atoms. The number of aliphatic hydroxyl groups excluding tert-OH is 1. The van der Waals surface area contributed by atoms with Crippen molar-refractivity contribution in [3.05, 3.63) is 35.5 Å². The van der Waals surface area contributed by atoms with Crippen LogP contribution in [0.3, 0.4) is 0 Å². The Labute approximate surface area is 135 Å². The van der Waals surface area contributed by atoms with Crippen LogP contribution in [0.5, 0.6) is 0 Å². The third kappa shape index (κ3) is 2.34. The molecule has 3 heterocycles. The van der Waals surface area contributed by atoms with Crippen LogP contribution in [0.15, 0.2) is 24.8 Å². The summed E-state index contributed by atoms with van der Waals surface area (Å²) in [6, 6.07) is 2.05. The van der Waals surface area contributed by atoms with E-state index >= 15 is 0 Å². The smallest absolute Gasteiger partial charge is 0.129 e. The highest BCUT2D eigenvalue weighted by molar-refractivity contribution is 6.29. The van der Waals surface area contributed by atoms with Crippen molar-refractivity contribution in [1.29, 1.82) is 0 Å². The fourth-order valence-electron chi connectivity index (χ4n) is 4.03. The van der Waals surface area contributed by atoms with Crippen molar-refractivity contribution >= 4 is 11.6 Å². The van der Waals surface area contributed by atoms with Crippen molar-refractivity contribution in [3.63, 3.8) is 0 Å². The first kappa shape index (κ1) is 14.2. The van der Waals surface area contributed by atoms with Crippen LogP contribution in [0.2, 0.25) is 5.15 Å². The van der Waals surface area contributed by atoms with E-state index in [-0.39, 0.29) is 12.1 Å². The van der Waals surface area contributed by atoms with E-state index in [0.717, 1.165) is 36.1 Å². The number of imidazole rings is 1. The van der Waals surface area contributed by atoms with Gasteiger partial charge in [0.15, 0.2) is 0 Å². The Kier molecular flexibility index (Phi) is 3.66. The number of hydrogen-bond donors (Lipinski definition) is 1. The average molecular weight is 318 g/mol. The lowest BCUT2D eigenvalue weighted by atomic mass is 9.82. The Balaban J connectivity index is 1.63. The lowest BCUT2D eigenvalue weighted by Crippen LogP contribution is -2.26.